The average Bonchev–Trinajstić information content (AvgIpc) is 2.51. The minimum Gasteiger partial charge on any atom is -0.379 e. The van der Waals surface area contributed by atoms with E-state index in [0.29, 0.717) is 13.2 Å². The summed E-state index contributed by atoms with van der Waals surface area (Å²) < 4.78 is 21.2. The van der Waals surface area contributed by atoms with Crippen molar-refractivity contribution in [2.24, 2.45) is 0 Å². The Bertz CT molecular complexity index is 192. The molecule has 0 saturated carbocycles. The van der Waals surface area contributed by atoms with Gasteiger partial charge in [0.2, 0.25) is 0 Å². The monoisotopic (exact) mass is 290 g/mol. The van der Waals surface area contributed by atoms with Crippen molar-refractivity contribution in [1.29, 1.82) is 0 Å². The average molecular weight is 290 g/mol. The summed E-state index contributed by atoms with van der Waals surface area (Å²) in [7, 11) is 0. The number of nitrogens with one attached hydrogen (secondary N) is 1. The molecule has 2 fully saturated rings. The van der Waals surface area contributed by atoms with E-state index in [1.54, 1.807) is 0 Å². The van der Waals surface area contributed by atoms with E-state index in [1.807, 2.05) is 13.8 Å². The van der Waals surface area contributed by atoms with Crippen LogP contribution in [0.2, 0.25) is 0 Å². The highest BCUT2D eigenvalue weighted by Crippen LogP contribution is 2.02. The second-order valence-electron chi connectivity index (χ2n) is 4.62. The van der Waals surface area contributed by atoms with Crippen molar-refractivity contribution in [3.05, 3.63) is 0 Å². The van der Waals surface area contributed by atoms with Crippen LogP contribution < -0.4 is 5.32 Å². The van der Waals surface area contributed by atoms with E-state index in [1.165, 1.54) is 0 Å². The van der Waals surface area contributed by atoms with Crippen molar-refractivity contribution in [3.63, 3.8) is 0 Å². The number of morpholine rings is 2. The van der Waals surface area contributed by atoms with Gasteiger partial charge in [0.15, 0.2) is 6.29 Å². The maximum absolute atomic E-state index is 5.48. The molecule has 20 heavy (non-hydrogen) atoms. The molecule has 0 aromatic carbocycles. The van der Waals surface area contributed by atoms with Crippen LogP contribution in [-0.4, -0.2) is 83.6 Å². The lowest BCUT2D eigenvalue weighted by Crippen LogP contribution is -2.42. The summed E-state index contributed by atoms with van der Waals surface area (Å²) in [5.74, 6) is 0. The van der Waals surface area contributed by atoms with Crippen molar-refractivity contribution in [2.45, 2.75) is 20.1 Å². The summed E-state index contributed by atoms with van der Waals surface area (Å²) in [5, 5.41) is 3.16. The SMILES string of the molecule is C1COCCN1.CCOC(CN1CCOCC1)OCC. The van der Waals surface area contributed by atoms with Gasteiger partial charge in [-0.15, -0.1) is 0 Å². The first kappa shape index (κ1) is 17.8. The van der Waals surface area contributed by atoms with Gasteiger partial charge in [0.1, 0.15) is 0 Å². The van der Waals surface area contributed by atoms with Gasteiger partial charge in [-0.05, 0) is 13.8 Å². The van der Waals surface area contributed by atoms with Crippen LogP contribution >= 0.6 is 0 Å². The van der Waals surface area contributed by atoms with Crippen molar-refractivity contribution < 1.29 is 18.9 Å². The lowest BCUT2D eigenvalue weighted by molar-refractivity contribution is -0.152. The molecule has 0 atom stereocenters. The number of rotatable bonds is 6. The third-order valence-electron chi connectivity index (χ3n) is 3.06. The third-order valence-corrected chi connectivity index (χ3v) is 3.06. The molecule has 6 nitrogen and oxygen atoms in total. The maximum Gasteiger partial charge on any atom is 0.170 e. The second-order valence-corrected chi connectivity index (χ2v) is 4.62. The summed E-state index contributed by atoms with van der Waals surface area (Å²) in [4.78, 5) is 2.32. The highest BCUT2D eigenvalue weighted by molar-refractivity contribution is 4.63. The lowest BCUT2D eigenvalue weighted by atomic mass is 10.4. The molecule has 2 heterocycles. The van der Waals surface area contributed by atoms with E-state index in [4.69, 9.17) is 18.9 Å². The first-order valence-corrected chi connectivity index (χ1v) is 7.68. The highest BCUT2D eigenvalue weighted by atomic mass is 16.7. The molecule has 6 heteroatoms. The smallest absolute Gasteiger partial charge is 0.170 e. The van der Waals surface area contributed by atoms with E-state index in [9.17, 15) is 0 Å². The zero-order chi connectivity index (χ0) is 14.5. The van der Waals surface area contributed by atoms with Crippen LogP contribution in [0.1, 0.15) is 13.8 Å². The molecule has 0 aromatic rings. The molecule has 0 radical (unpaired) electrons. The van der Waals surface area contributed by atoms with Crippen LogP contribution in [0.25, 0.3) is 0 Å². The Balaban J connectivity index is 0.000000276. The fraction of sp³-hybridized carbons (Fsp3) is 1.00. The van der Waals surface area contributed by atoms with E-state index in [2.05, 4.69) is 10.2 Å². The molecule has 1 N–H and O–H groups in total. The van der Waals surface area contributed by atoms with Gasteiger partial charge in [0, 0.05) is 45.9 Å². The molecule has 120 valence electrons. The van der Waals surface area contributed by atoms with Crippen molar-refractivity contribution in [2.75, 3.05) is 72.4 Å². The van der Waals surface area contributed by atoms with Crippen LogP contribution in [0.5, 0.6) is 0 Å². The first-order chi connectivity index (χ1) is 9.86. The predicted octanol–water partition coefficient (Wildman–Crippen LogP) is 0.324. The topological polar surface area (TPSA) is 52.2 Å². The molecule has 0 amide bonds. The Morgan fingerprint density at radius 1 is 0.950 bits per heavy atom. The molecule has 2 aliphatic heterocycles. The summed E-state index contributed by atoms with van der Waals surface area (Å²) >= 11 is 0. The Morgan fingerprint density at radius 3 is 1.90 bits per heavy atom. The molecule has 0 bridgehead atoms. The normalized spacial score (nSPS) is 20.6. The summed E-state index contributed by atoms with van der Waals surface area (Å²) in [5.41, 5.74) is 0. The largest absolute Gasteiger partial charge is 0.379 e. The summed E-state index contributed by atoms with van der Waals surface area (Å²) in [6.07, 6.45) is -0.0805. The van der Waals surface area contributed by atoms with Crippen molar-refractivity contribution in [1.82, 2.24) is 10.2 Å². The van der Waals surface area contributed by atoms with Crippen LogP contribution in [0.4, 0.5) is 0 Å². The fourth-order valence-corrected chi connectivity index (χ4v) is 2.04. The van der Waals surface area contributed by atoms with Crippen molar-refractivity contribution >= 4 is 0 Å². The third kappa shape index (κ3) is 8.84. The van der Waals surface area contributed by atoms with E-state index in [-0.39, 0.29) is 6.29 Å². The molecule has 2 saturated heterocycles. The number of hydrogen-bond donors (Lipinski definition) is 1. The van der Waals surface area contributed by atoms with Gasteiger partial charge in [-0.3, -0.25) is 4.90 Å². The summed E-state index contributed by atoms with van der Waals surface area (Å²) in [6, 6.07) is 0. The van der Waals surface area contributed by atoms with Gasteiger partial charge in [-0.2, -0.15) is 0 Å². The Kier molecular flexibility index (Phi) is 11.1. The molecular formula is C14H30N2O4. The van der Waals surface area contributed by atoms with E-state index in [0.717, 1.165) is 59.2 Å². The van der Waals surface area contributed by atoms with Gasteiger partial charge in [-0.25, -0.2) is 0 Å². The van der Waals surface area contributed by atoms with Gasteiger partial charge in [-0.1, -0.05) is 0 Å². The van der Waals surface area contributed by atoms with Crippen LogP contribution in [-0.2, 0) is 18.9 Å². The zero-order valence-electron chi connectivity index (χ0n) is 12.9. The second kappa shape index (κ2) is 12.5. The standard InChI is InChI=1S/C10H21NO3.C4H9NO/c1-3-13-10(14-4-2)9-11-5-7-12-8-6-11;1-3-6-4-2-5-1/h10H,3-9H2,1-2H3;5H,1-4H2. The van der Waals surface area contributed by atoms with Gasteiger partial charge >= 0.3 is 0 Å². The molecule has 0 aromatic heterocycles. The number of ether oxygens (including phenoxy) is 4. The Hall–Kier alpha value is -0.240. The molecule has 2 aliphatic rings. The molecular weight excluding hydrogens is 260 g/mol. The molecule has 0 aliphatic carbocycles. The molecule has 2 rings (SSSR count). The lowest BCUT2D eigenvalue weighted by Gasteiger charge is -2.29. The Morgan fingerprint density at radius 2 is 1.50 bits per heavy atom. The first-order valence-electron chi connectivity index (χ1n) is 7.68. The number of nitrogens with zero attached hydrogens (tertiary/aromatic N) is 1. The number of hydrogen-bond acceptors (Lipinski definition) is 6. The van der Waals surface area contributed by atoms with Gasteiger partial charge in [0.25, 0.3) is 0 Å². The fourth-order valence-electron chi connectivity index (χ4n) is 2.04. The van der Waals surface area contributed by atoms with Crippen LogP contribution in [0.15, 0.2) is 0 Å². The predicted molar refractivity (Wildman–Crippen MR) is 78.0 cm³/mol. The minimum absolute atomic E-state index is 0.0805. The van der Waals surface area contributed by atoms with E-state index >= 15 is 0 Å². The van der Waals surface area contributed by atoms with E-state index < -0.39 is 0 Å². The quantitative estimate of drug-likeness (QED) is 0.711. The van der Waals surface area contributed by atoms with Crippen molar-refractivity contribution in [3.8, 4) is 0 Å². The maximum atomic E-state index is 5.48. The zero-order valence-corrected chi connectivity index (χ0v) is 12.9. The molecule has 0 unspecified atom stereocenters. The Labute approximate surface area is 122 Å². The minimum atomic E-state index is -0.0805. The highest BCUT2D eigenvalue weighted by Gasteiger charge is 2.16. The molecule has 0 spiro atoms. The van der Waals surface area contributed by atoms with Gasteiger partial charge in [0.05, 0.1) is 26.4 Å². The van der Waals surface area contributed by atoms with Crippen LogP contribution in [0.3, 0.4) is 0 Å². The van der Waals surface area contributed by atoms with Crippen LogP contribution in [0, 0.1) is 0 Å². The van der Waals surface area contributed by atoms with Gasteiger partial charge < -0.3 is 24.3 Å². The summed E-state index contributed by atoms with van der Waals surface area (Å²) in [6.45, 7) is 13.7.